The zero-order valence-corrected chi connectivity index (χ0v) is 8.25. The second-order valence-electron chi connectivity index (χ2n) is 3.02. The SMILES string of the molecule is O=C(O)NCc1nc(-c2ccncc2)co1. The summed E-state index contributed by atoms with van der Waals surface area (Å²) in [6, 6.07) is 3.60. The van der Waals surface area contributed by atoms with Gasteiger partial charge in [-0.05, 0) is 12.1 Å². The molecule has 0 atom stereocenters. The van der Waals surface area contributed by atoms with Gasteiger partial charge in [-0.2, -0.15) is 0 Å². The molecule has 2 heterocycles. The molecule has 0 radical (unpaired) electrons. The standard InChI is InChI=1S/C10H9N3O3/c14-10(15)12-5-9-13-8(6-16-9)7-1-3-11-4-2-7/h1-4,6,12H,5H2,(H,14,15). The van der Waals surface area contributed by atoms with Crippen molar-refractivity contribution < 1.29 is 14.3 Å². The Kier molecular flexibility index (Phi) is 2.81. The van der Waals surface area contributed by atoms with E-state index in [-0.39, 0.29) is 6.54 Å². The van der Waals surface area contributed by atoms with Gasteiger partial charge < -0.3 is 14.8 Å². The molecule has 2 rings (SSSR count). The molecule has 0 bridgehead atoms. The van der Waals surface area contributed by atoms with Crippen LogP contribution in [0.1, 0.15) is 5.89 Å². The van der Waals surface area contributed by atoms with Crippen molar-refractivity contribution in [2.24, 2.45) is 0 Å². The van der Waals surface area contributed by atoms with Gasteiger partial charge in [0.05, 0.1) is 6.54 Å². The molecule has 2 N–H and O–H groups in total. The smallest absolute Gasteiger partial charge is 0.405 e. The number of hydrogen-bond acceptors (Lipinski definition) is 4. The van der Waals surface area contributed by atoms with E-state index in [2.05, 4.69) is 15.3 Å². The first-order valence-electron chi connectivity index (χ1n) is 4.57. The molecule has 0 aromatic carbocycles. The van der Waals surface area contributed by atoms with E-state index in [0.717, 1.165) is 5.56 Å². The second kappa shape index (κ2) is 4.43. The molecule has 82 valence electrons. The van der Waals surface area contributed by atoms with Gasteiger partial charge in [0.2, 0.25) is 5.89 Å². The van der Waals surface area contributed by atoms with Crippen LogP contribution >= 0.6 is 0 Å². The highest BCUT2D eigenvalue weighted by atomic mass is 16.4. The molecular formula is C10H9N3O3. The van der Waals surface area contributed by atoms with Gasteiger partial charge in [-0.3, -0.25) is 4.98 Å². The van der Waals surface area contributed by atoms with Crippen molar-refractivity contribution in [1.29, 1.82) is 0 Å². The highest BCUT2D eigenvalue weighted by Crippen LogP contribution is 2.16. The Morgan fingerprint density at radius 1 is 1.44 bits per heavy atom. The Balaban J connectivity index is 2.11. The topological polar surface area (TPSA) is 88.2 Å². The Labute approximate surface area is 91.0 Å². The van der Waals surface area contributed by atoms with Gasteiger partial charge in [0, 0.05) is 18.0 Å². The molecule has 0 saturated carbocycles. The minimum absolute atomic E-state index is 0.0560. The fourth-order valence-electron chi connectivity index (χ4n) is 1.20. The fraction of sp³-hybridized carbons (Fsp3) is 0.100. The van der Waals surface area contributed by atoms with Crippen molar-refractivity contribution in [2.45, 2.75) is 6.54 Å². The number of rotatable bonds is 3. The molecular weight excluding hydrogens is 210 g/mol. The molecule has 6 nitrogen and oxygen atoms in total. The molecule has 0 saturated heterocycles. The first-order chi connectivity index (χ1) is 7.75. The van der Waals surface area contributed by atoms with E-state index in [0.29, 0.717) is 11.6 Å². The number of carboxylic acid groups (broad SMARTS) is 1. The molecule has 2 aromatic rings. The van der Waals surface area contributed by atoms with Gasteiger partial charge in [-0.15, -0.1) is 0 Å². The lowest BCUT2D eigenvalue weighted by atomic mass is 10.2. The van der Waals surface area contributed by atoms with Crippen LogP contribution in [0.4, 0.5) is 4.79 Å². The number of pyridine rings is 1. The second-order valence-corrected chi connectivity index (χ2v) is 3.02. The first-order valence-corrected chi connectivity index (χ1v) is 4.57. The number of nitrogens with zero attached hydrogens (tertiary/aromatic N) is 2. The lowest BCUT2D eigenvalue weighted by Crippen LogP contribution is -2.19. The third kappa shape index (κ3) is 2.35. The molecule has 0 aliphatic heterocycles. The van der Waals surface area contributed by atoms with E-state index in [9.17, 15) is 4.79 Å². The quantitative estimate of drug-likeness (QED) is 0.816. The number of amides is 1. The summed E-state index contributed by atoms with van der Waals surface area (Å²) in [5.41, 5.74) is 1.53. The Hall–Kier alpha value is -2.37. The van der Waals surface area contributed by atoms with Crippen molar-refractivity contribution in [3.8, 4) is 11.3 Å². The summed E-state index contributed by atoms with van der Waals surface area (Å²) < 4.78 is 5.11. The maximum Gasteiger partial charge on any atom is 0.405 e. The molecule has 16 heavy (non-hydrogen) atoms. The van der Waals surface area contributed by atoms with Crippen LogP contribution in [0.15, 0.2) is 35.2 Å². The summed E-state index contributed by atoms with van der Waals surface area (Å²) in [6.45, 7) is 0.0560. The van der Waals surface area contributed by atoms with E-state index in [4.69, 9.17) is 9.52 Å². The molecule has 1 amide bonds. The molecule has 0 aliphatic carbocycles. The van der Waals surface area contributed by atoms with Gasteiger partial charge in [-0.1, -0.05) is 0 Å². The van der Waals surface area contributed by atoms with E-state index >= 15 is 0 Å². The monoisotopic (exact) mass is 219 g/mol. The van der Waals surface area contributed by atoms with E-state index < -0.39 is 6.09 Å². The number of oxazole rings is 1. The van der Waals surface area contributed by atoms with Crippen LogP contribution in [-0.4, -0.2) is 21.2 Å². The van der Waals surface area contributed by atoms with Gasteiger partial charge >= 0.3 is 6.09 Å². The predicted molar refractivity (Wildman–Crippen MR) is 54.6 cm³/mol. The van der Waals surface area contributed by atoms with E-state index in [1.807, 2.05) is 0 Å². The van der Waals surface area contributed by atoms with Gasteiger partial charge in [-0.25, -0.2) is 9.78 Å². The third-order valence-electron chi connectivity index (χ3n) is 1.92. The summed E-state index contributed by atoms with van der Waals surface area (Å²) in [5.74, 6) is 0.328. The number of nitrogens with one attached hydrogen (secondary N) is 1. The average molecular weight is 219 g/mol. The van der Waals surface area contributed by atoms with Crippen LogP contribution in [0, 0.1) is 0 Å². The molecule has 0 fully saturated rings. The van der Waals surface area contributed by atoms with E-state index in [1.165, 1.54) is 6.26 Å². The molecule has 0 unspecified atom stereocenters. The van der Waals surface area contributed by atoms with Gasteiger partial charge in [0.15, 0.2) is 0 Å². The Morgan fingerprint density at radius 3 is 2.88 bits per heavy atom. The minimum Gasteiger partial charge on any atom is -0.465 e. The van der Waals surface area contributed by atoms with Crippen LogP contribution in [0.5, 0.6) is 0 Å². The summed E-state index contributed by atoms with van der Waals surface area (Å²) in [7, 11) is 0. The highest BCUT2D eigenvalue weighted by Gasteiger charge is 2.06. The summed E-state index contributed by atoms with van der Waals surface area (Å²) in [6.07, 6.45) is 3.68. The predicted octanol–water partition coefficient (Wildman–Crippen LogP) is 1.50. The third-order valence-corrected chi connectivity index (χ3v) is 1.92. The first kappa shape index (κ1) is 10.2. The minimum atomic E-state index is -1.11. The van der Waals surface area contributed by atoms with Crippen molar-refractivity contribution in [1.82, 2.24) is 15.3 Å². The zero-order chi connectivity index (χ0) is 11.4. The highest BCUT2D eigenvalue weighted by molar-refractivity contribution is 5.64. The van der Waals surface area contributed by atoms with Crippen molar-refractivity contribution >= 4 is 6.09 Å². The van der Waals surface area contributed by atoms with Crippen LogP contribution in [0.3, 0.4) is 0 Å². The maximum atomic E-state index is 10.3. The largest absolute Gasteiger partial charge is 0.465 e. The van der Waals surface area contributed by atoms with Crippen molar-refractivity contribution in [2.75, 3.05) is 0 Å². The number of hydrogen-bond donors (Lipinski definition) is 2. The summed E-state index contributed by atoms with van der Waals surface area (Å²) in [4.78, 5) is 18.3. The summed E-state index contributed by atoms with van der Waals surface area (Å²) >= 11 is 0. The molecule has 0 spiro atoms. The molecule has 0 aliphatic rings. The molecule has 2 aromatic heterocycles. The maximum absolute atomic E-state index is 10.3. The van der Waals surface area contributed by atoms with Gasteiger partial charge in [0.25, 0.3) is 0 Å². The fourth-order valence-corrected chi connectivity index (χ4v) is 1.20. The molecule has 6 heteroatoms. The van der Waals surface area contributed by atoms with Gasteiger partial charge in [0.1, 0.15) is 12.0 Å². The zero-order valence-electron chi connectivity index (χ0n) is 8.25. The Bertz CT molecular complexity index is 481. The normalized spacial score (nSPS) is 10.0. The van der Waals surface area contributed by atoms with Crippen LogP contribution < -0.4 is 5.32 Å². The van der Waals surface area contributed by atoms with Crippen LogP contribution in [0.25, 0.3) is 11.3 Å². The van der Waals surface area contributed by atoms with Crippen LogP contribution in [0.2, 0.25) is 0 Å². The average Bonchev–Trinajstić information content (AvgIpc) is 2.76. The summed E-state index contributed by atoms with van der Waals surface area (Å²) in [5, 5.41) is 10.6. The number of carbonyl (C=O) groups is 1. The Morgan fingerprint density at radius 2 is 2.19 bits per heavy atom. The van der Waals surface area contributed by atoms with Crippen LogP contribution in [-0.2, 0) is 6.54 Å². The number of aromatic nitrogens is 2. The lowest BCUT2D eigenvalue weighted by molar-refractivity contribution is 0.192. The lowest BCUT2D eigenvalue weighted by Gasteiger charge is -1.94. The van der Waals surface area contributed by atoms with Crippen molar-refractivity contribution in [3.63, 3.8) is 0 Å². The van der Waals surface area contributed by atoms with Crippen molar-refractivity contribution in [3.05, 3.63) is 36.7 Å². The van der Waals surface area contributed by atoms with E-state index in [1.54, 1.807) is 24.5 Å².